The van der Waals surface area contributed by atoms with Crippen LogP contribution in [0.25, 0.3) is 0 Å². The zero-order valence-corrected chi connectivity index (χ0v) is 7.13. The molecule has 0 amide bonds. The van der Waals surface area contributed by atoms with Crippen LogP contribution in [0.4, 0.5) is 5.69 Å². The molecule has 1 aromatic rings. The predicted molar refractivity (Wildman–Crippen MR) is 47.2 cm³/mol. The predicted octanol–water partition coefficient (Wildman–Crippen LogP) is 0.744. The standard InChI is InChI=1S/C8H12N2O2/c1-5(2)12-8-6(9)3-4-7(11)10-8/h3-5H,9H2,1-2H3,(H,10,11). The summed E-state index contributed by atoms with van der Waals surface area (Å²) in [6.07, 6.45) is 0.00495. The van der Waals surface area contributed by atoms with Gasteiger partial charge in [0.1, 0.15) is 0 Å². The number of hydrogen-bond acceptors (Lipinski definition) is 3. The molecule has 0 saturated carbocycles. The third-order valence-corrected chi connectivity index (χ3v) is 1.27. The second-order valence-electron chi connectivity index (χ2n) is 2.77. The van der Waals surface area contributed by atoms with E-state index in [0.717, 1.165) is 0 Å². The molecule has 0 aliphatic heterocycles. The Balaban J connectivity index is 2.97. The van der Waals surface area contributed by atoms with Crippen LogP contribution in [-0.2, 0) is 0 Å². The summed E-state index contributed by atoms with van der Waals surface area (Å²) >= 11 is 0. The minimum Gasteiger partial charge on any atom is -0.475 e. The number of aromatic amines is 1. The maximum absolute atomic E-state index is 10.8. The number of nitrogens with two attached hydrogens (primary N) is 1. The van der Waals surface area contributed by atoms with Gasteiger partial charge in [0.05, 0.1) is 11.8 Å². The molecule has 0 aliphatic carbocycles. The number of ether oxygens (including phenoxy) is 1. The number of H-pyrrole nitrogens is 1. The molecule has 1 rings (SSSR count). The van der Waals surface area contributed by atoms with Gasteiger partial charge in [0.25, 0.3) is 5.56 Å². The summed E-state index contributed by atoms with van der Waals surface area (Å²) in [6.45, 7) is 3.73. The van der Waals surface area contributed by atoms with Gasteiger partial charge >= 0.3 is 0 Å². The molecule has 0 atom stereocenters. The molecule has 66 valence electrons. The molecule has 0 unspecified atom stereocenters. The molecule has 0 radical (unpaired) electrons. The third kappa shape index (κ3) is 2.02. The fourth-order valence-corrected chi connectivity index (χ4v) is 0.800. The van der Waals surface area contributed by atoms with E-state index < -0.39 is 0 Å². The lowest BCUT2D eigenvalue weighted by Gasteiger charge is -2.10. The Morgan fingerprint density at radius 3 is 2.75 bits per heavy atom. The van der Waals surface area contributed by atoms with Gasteiger partial charge in [-0.15, -0.1) is 0 Å². The van der Waals surface area contributed by atoms with E-state index in [1.165, 1.54) is 12.1 Å². The second kappa shape index (κ2) is 3.30. The van der Waals surface area contributed by atoms with E-state index in [0.29, 0.717) is 11.6 Å². The molecule has 0 spiro atoms. The van der Waals surface area contributed by atoms with E-state index in [4.69, 9.17) is 10.5 Å². The summed E-state index contributed by atoms with van der Waals surface area (Å²) in [5.74, 6) is 0.345. The van der Waals surface area contributed by atoms with Crippen LogP contribution < -0.4 is 16.0 Å². The fourth-order valence-electron chi connectivity index (χ4n) is 0.800. The number of nitrogens with one attached hydrogen (secondary N) is 1. The summed E-state index contributed by atoms with van der Waals surface area (Å²) in [5, 5.41) is 0. The van der Waals surface area contributed by atoms with Gasteiger partial charge in [-0.25, -0.2) is 0 Å². The second-order valence-corrected chi connectivity index (χ2v) is 2.77. The number of aromatic nitrogens is 1. The van der Waals surface area contributed by atoms with Crippen molar-refractivity contribution >= 4 is 5.69 Å². The molecule has 12 heavy (non-hydrogen) atoms. The van der Waals surface area contributed by atoms with Gasteiger partial charge in [0, 0.05) is 6.07 Å². The van der Waals surface area contributed by atoms with Crippen LogP contribution in [0.2, 0.25) is 0 Å². The SMILES string of the molecule is CC(C)Oc1[nH]c(=O)ccc1N. The zero-order valence-electron chi connectivity index (χ0n) is 7.13. The molecule has 3 N–H and O–H groups in total. The Morgan fingerprint density at radius 1 is 1.50 bits per heavy atom. The topological polar surface area (TPSA) is 68.1 Å². The Hall–Kier alpha value is -1.45. The molecule has 0 fully saturated rings. The largest absolute Gasteiger partial charge is 0.475 e. The van der Waals surface area contributed by atoms with Crippen LogP contribution in [0.15, 0.2) is 16.9 Å². The summed E-state index contributed by atoms with van der Waals surface area (Å²) in [6, 6.07) is 2.89. The van der Waals surface area contributed by atoms with Crippen molar-refractivity contribution in [3.63, 3.8) is 0 Å². The van der Waals surface area contributed by atoms with Gasteiger partial charge in [-0.3, -0.25) is 9.78 Å². The molecule has 0 aliphatic rings. The van der Waals surface area contributed by atoms with Crippen LogP contribution in [0.5, 0.6) is 5.88 Å². The highest BCUT2D eigenvalue weighted by atomic mass is 16.5. The highest BCUT2D eigenvalue weighted by Gasteiger charge is 2.02. The van der Waals surface area contributed by atoms with Gasteiger partial charge in [-0.05, 0) is 19.9 Å². The molecule has 1 heterocycles. The van der Waals surface area contributed by atoms with Crippen molar-refractivity contribution in [1.29, 1.82) is 0 Å². The molecule has 4 heteroatoms. The van der Waals surface area contributed by atoms with Crippen LogP contribution in [0, 0.1) is 0 Å². The molecule has 0 aromatic carbocycles. The summed E-state index contributed by atoms with van der Waals surface area (Å²) in [7, 11) is 0. The van der Waals surface area contributed by atoms with Crippen molar-refractivity contribution < 1.29 is 4.74 Å². The number of anilines is 1. The Kier molecular flexibility index (Phi) is 2.38. The van der Waals surface area contributed by atoms with E-state index in [2.05, 4.69) is 4.98 Å². The van der Waals surface area contributed by atoms with Crippen LogP contribution >= 0.6 is 0 Å². The van der Waals surface area contributed by atoms with Crippen molar-refractivity contribution in [2.45, 2.75) is 20.0 Å². The van der Waals surface area contributed by atoms with Crippen LogP contribution in [-0.4, -0.2) is 11.1 Å². The normalized spacial score (nSPS) is 10.2. The number of nitrogen functional groups attached to an aromatic ring is 1. The highest BCUT2D eigenvalue weighted by Crippen LogP contribution is 2.15. The lowest BCUT2D eigenvalue weighted by molar-refractivity contribution is 0.233. The van der Waals surface area contributed by atoms with Gasteiger partial charge in [-0.2, -0.15) is 0 Å². The number of rotatable bonds is 2. The summed E-state index contributed by atoms with van der Waals surface area (Å²) in [5.41, 5.74) is 5.78. The van der Waals surface area contributed by atoms with Crippen molar-refractivity contribution in [3.05, 3.63) is 22.5 Å². The van der Waals surface area contributed by atoms with E-state index >= 15 is 0 Å². The van der Waals surface area contributed by atoms with Crippen molar-refractivity contribution in [2.75, 3.05) is 5.73 Å². The summed E-state index contributed by atoms with van der Waals surface area (Å²) < 4.78 is 5.25. The van der Waals surface area contributed by atoms with Crippen molar-refractivity contribution in [3.8, 4) is 5.88 Å². The first-order valence-electron chi connectivity index (χ1n) is 3.75. The Labute approximate surface area is 70.4 Å². The first-order valence-corrected chi connectivity index (χ1v) is 3.75. The van der Waals surface area contributed by atoms with Crippen molar-refractivity contribution in [1.82, 2.24) is 4.98 Å². The minimum atomic E-state index is -0.208. The third-order valence-electron chi connectivity index (χ3n) is 1.27. The molecule has 4 nitrogen and oxygen atoms in total. The van der Waals surface area contributed by atoms with Crippen molar-refractivity contribution in [2.24, 2.45) is 0 Å². The smallest absolute Gasteiger partial charge is 0.250 e. The molecule has 1 aromatic heterocycles. The lowest BCUT2D eigenvalue weighted by Crippen LogP contribution is -2.13. The maximum Gasteiger partial charge on any atom is 0.250 e. The van der Waals surface area contributed by atoms with E-state index in [1.807, 2.05) is 13.8 Å². The maximum atomic E-state index is 10.8. The highest BCUT2D eigenvalue weighted by molar-refractivity contribution is 5.46. The minimum absolute atomic E-state index is 0.00495. The first-order chi connectivity index (χ1) is 5.59. The Bertz CT molecular complexity index is 317. The van der Waals surface area contributed by atoms with Gasteiger partial charge in [-0.1, -0.05) is 0 Å². The zero-order chi connectivity index (χ0) is 9.14. The lowest BCUT2D eigenvalue weighted by atomic mass is 10.4. The van der Waals surface area contributed by atoms with Gasteiger partial charge < -0.3 is 10.5 Å². The van der Waals surface area contributed by atoms with Gasteiger partial charge in [0.15, 0.2) is 0 Å². The van der Waals surface area contributed by atoms with E-state index in [9.17, 15) is 4.79 Å². The van der Waals surface area contributed by atoms with E-state index in [-0.39, 0.29) is 11.7 Å². The molecule has 0 saturated heterocycles. The quantitative estimate of drug-likeness (QED) is 0.684. The average Bonchev–Trinajstić information content (AvgIpc) is 1.96. The molecular weight excluding hydrogens is 156 g/mol. The monoisotopic (exact) mass is 168 g/mol. The average molecular weight is 168 g/mol. The number of hydrogen-bond donors (Lipinski definition) is 2. The van der Waals surface area contributed by atoms with E-state index in [1.54, 1.807) is 0 Å². The first kappa shape index (κ1) is 8.64. The summed E-state index contributed by atoms with van der Waals surface area (Å²) in [4.78, 5) is 13.3. The number of pyridine rings is 1. The van der Waals surface area contributed by atoms with Crippen LogP contribution in [0.1, 0.15) is 13.8 Å². The Morgan fingerprint density at radius 2 is 2.17 bits per heavy atom. The fraction of sp³-hybridized carbons (Fsp3) is 0.375. The van der Waals surface area contributed by atoms with Crippen LogP contribution in [0.3, 0.4) is 0 Å². The molecular formula is C8H12N2O2. The van der Waals surface area contributed by atoms with Gasteiger partial charge in [0.2, 0.25) is 5.88 Å². The molecule has 0 bridgehead atoms.